The zero-order chi connectivity index (χ0) is 29.5. The van der Waals surface area contributed by atoms with E-state index in [1.165, 1.54) is 0 Å². The van der Waals surface area contributed by atoms with E-state index in [0.29, 0.717) is 54.7 Å². The van der Waals surface area contributed by atoms with Crippen molar-refractivity contribution in [1.82, 2.24) is 30.3 Å². The number of fused-ring (bicyclic) bond motifs is 1. The van der Waals surface area contributed by atoms with Gasteiger partial charge in [-0.25, -0.2) is 9.67 Å². The molecule has 10 heteroatoms. The fourth-order valence-electron chi connectivity index (χ4n) is 5.03. The van der Waals surface area contributed by atoms with Gasteiger partial charge < -0.3 is 15.5 Å². The van der Waals surface area contributed by atoms with E-state index in [-0.39, 0.29) is 30.1 Å². The van der Waals surface area contributed by atoms with E-state index in [9.17, 15) is 14.4 Å². The first-order valence-electron chi connectivity index (χ1n) is 14.3. The maximum absolute atomic E-state index is 13.6. The van der Waals surface area contributed by atoms with Gasteiger partial charge in [0, 0.05) is 30.1 Å². The molecule has 0 spiro atoms. The minimum atomic E-state index is -0.696. The van der Waals surface area contributed by atoms with E-state index >= 15 is 0 Å². The van der Waals surface area contributed by atoms with Gasteiger partial charge in [-0.15, -0.1) is 0 Å². The van der Waals surface area contributed by atoms with Gasteiger partial charge in [0.05, 0.1) is 12.6 Å². The molecule has 0 saturated heterocycles. The third-order valence-electron chi connectivity index (χ3n) is 7.65. The summed E-state index contributed by atoms with van der Waals surface area (Å²) in [6.07, 6.45) is 1.86. The number of carbonyl (C=O) groups is 3. The lowest BCUT2D eigenvalue weighted by molar-refractivity contribution is -0.130. The van der Waals surface area contributed by atoms with Crippen molar-refractivity contribution in [2.24, 2.45) is 5.92 Å². The highest BCUT2D eigenvalue weighted by atomic mass is 35.5. The average molecular weight is 579 g/mol. The highest BCUT2D eigenvalue weighted by Gasteiger charge is 2.31. The number of aromatic nitrogens is 3. The Morgan fingerprint density at radius 3 is 2.54 bits per heavy atom. The van der Waals surface area contributed by atoms with Crippen LogP contribution in [0.25, 0.3) is 0 Å². The van der Waals surface area contributed by atoms with Crippen molar-refractivity contribution in [3.8, 4) is 0 Å². The number of hydrogen-bond donors (Lipinski definition) is 2. The summed E-state index contributed by atoms with van der Waals surface area (Å²) in [6.45, 7) is 8.76. The van der Waals surface area contributed by atoms with Crippen LogP contribution in [-0.4, -0.2) is 56.5 Å². The Morgan fingerprint density at radius 1 is 1.07 bits per heavy atom. The molecule has 1 aliphatic rings. The van der Waals surface area contributed by atoms with Crippen LogP contribution in [-0.2, 0) is 22.6 Å². The van der Waals surface area contributed by atoms with Crippen LogP contribution >= 0.6 is 11.6 Å². The molecule has 1 aromatic heterocycles. The predicted molar refractivity (Wildman–Crippen MR) is 159 cm³/mol. The number of halogens is 1. The van der Waals surface area contributed by atoms with Gasteiger partial charge >= 0.3 is 0 Å². The fraction of sp³-hybridized carbons (Fsp3) is 0.452. The standard InChI is InChI=1S/C31H39ClN6O3/c1-5-20(2)28-30(40)34-26(18-23-10-7-6-8-11-23)29-33-22(4)36-38(29)17-16-37(15-9-12-27(39)35-28)31(41)24-14-13-21(3)25(32)19-24/h6-8,10-11,13-14,19-20,26,28H,5,9,12,15-18H2,1-4H3,(H,34,40)(H,35,39)/t20-,26-,28-/m0/s1. The second-order valence-electron chi connectivity index (χ2n) is 10.8. The van der Waals surface area contributed by atoms with Gasteiger partial charge in [0.15, 0.2) is 0 Å². The fourth-order valence-corrected chi connectivity index (χ4v) is 5.21. The van der Waals surface area contributed by atoms with E-state index in [1.807, 2.05) is 64.1 Å². The van der Waals surface area contributed by atoms with Crippen molar-refractivity contribution in [2.75, 3.05) is 13.1 Å². The van der Waals surface area contributed by atoms with Crippen molar-refractivity contribution in [2.45, 2.75) is 72.0 Å². The Kier molecular flexibility index (Phi) is 10.2. The Bertz CT molecular complexity index is 1380. The van der Waals surface area contributed by atoms with Gasteiger partial charge in [-0.2, -0.15) is 5.10 Å². The summed E-state index contributed by atoms with van der Waals surface area (Å²) >= 11 is 6.33. The predicted octanol–water partition coefficient (Wildman–Crippen LogP) is 4.42. The first-order chi connectivity index (χ1) is 19.7. The molecular formula is C31H39ClN6O3. The molecule has 0 bridgehead atoms. The number of hydrogen-bond acceptors (Lipinski definition) is 5. The molecule has 3 atom stereocenters. The molecular weight excluding hydrogens is 540 g/mol. The van der Waals surface area contributed by atoms with Gasteiger partial charge in [0.1, 0.15) is 17.7 Å². The van der Waals surface area contributed by atoms with Crippen LogP contribution in [0.1, 0.15) is 72.3 Å². The molecule has 1 aliphatic heterocycles. The SMILES string of the molecule is CC[C@H](C)[C@@H]1NC(=O)CCCN(C(=O)c2ccc(C)c(Cl)c2)CCn2nc(C)nc2[C@H](Cc2ccccc2)NC1=O. The molecule has 0 saturated carbocycles. The maximum Gasteiger partial charge on any atom is 0.253 e. The number of benzene rings is 2. The van der Waals surface area contributed by atoms with Crippen LogP contribution in [0.3, 0.4) is 0 Å². The topological polar surface area (TPSA) is 109 Å². The summed E-state index contributed by atoms with van der Waals surface area (Å²) < 4.78 is 1.79. The smallest absolute Gasteiger partial charge is 0.253 e. The van der Waals surface area contributed by atoms with Gasteiger partial charge in [-0.3, -0.25) is 14.4 Å². The summed E-state index contributed by atoms with van der Waals surface area (Å²) in [7, 11) is 0. The van der Waals surface area contributed by atoms with Gasteiger partial charge in [-0.05, 0) is 55.9 Å². The Balaban J connectivity index is 1.70. The molecule has 2 N–H and O–H groups in total. The molecule has 0 fully saturated rings. The molecule has 9 nitrogen and oxygen atoms in total. The van der Waals surface area contributed by atoms with Gasteiger partial charge in [0.25, 0.3) is 5.91 Å². The van der Waals surface area contributed by atoms with E-state index in [4.69, 9.17) is 16.6 Å². The lowest BCUT2D eigenvalue weighted by Crippen LogP contribution is -2.51. The molecule has 2 aromatic carbocycles. The average Bonchev–Trinajstić information content (AvgIpc) is 3.34. The molecule has 3 amide bonds. The second-order valence-corrected chi connectivity index (χ2v) is 11.2. The van der Waals surface area contributed by atoms with Crippen LogP contribution in [0.4, 0.5) is 0 Å². The highest BCUT2D eigenvalue weighted by Crippen LogP contribution is 2.21. The molecule has 3 aromatic rings. The van der Waals surface area contributed by atoms with Gasteiger partial charge in [0.2, 0.25) is 11.8 Å². The molecule has 41 heavy (non-hydrogen) atoms. The van der Waals surface area contributed by atoms with Crippen molar-refractivity contribution in [1.29, 1.82) is 0 Å². The third kappa shape index (κ3) is 7.73. The van der Waals surface area contributed by atoms with Crippen LogP contribution in [0, 0.1) is 19.8 Å². The van der Waals surface area contributed by atoms with E-state index in [1.54, 1.807) is 21.7 Å². The molecule has 218 valence electrons. The molecule has 0 unspecified atom stereocenters. The van der Waals surface area contributed by atoms with Crippen molar-refractivity contribution in [3.63, 3.8) is 0 Å². The summed E-state index contributed by atoms with van der Waals surface area (Å²) in [5.41, 5.74) is 2.42. The lowest BCUT2D eigenvalue weighted by atomic mass is 9.97. The monoisotopic (exact) mass is 578 g/mol. The number of rotatable bonds is 5. The Hall–Kier alpha value is -3.72. The van der Waals surface area contributed by atoms with Crippen molar-refractivity contribution in [3.05, 3.63) is 81.9 Å². The van der Waals surface area contributed by atoms with Crippen molar-refractivity contribution >= 4 is 29.3 Å². The minimum absolute atomic E-state index is 0.0757. The summed E-state index contributed by atoms with van der Waals surface area (Å²) in [5, 5.41) is 11.3. The number of amides is 3. The van der Waals surface area contributed by atoms with Crippen LogP contribution in [0.2, 0.25) is 5.02 Å². The third-order valence-corrected chi connectivity index (χ3v) is 8.06. The Labute approximate surface area is 246 Å². The minimum Gasteiger partial charge on any atom is -0.344 e. The molecule has 0 aliphatic carbocycles. The number of carbonyl (C=O) groups excluding carboxylic acids is 3. The molecule has 2 heterocycles. The van der Waals surface area contributed by atoms with E-state index in [2.05, 4.69) is 15.7 Å². The Morgan fingerprint density at radius 2 is 1.83 bits per heavy atom. The van der Waals surface area contributed by atoms with Crippen LogP contribution in [0.5, 0.6) is 0 Å². The highest BCUT2D eigenvalue weighted by molar-refractivity contribution is 6.31. The number of nitrogens with one attached hydrogen (secondary N) is 2. The zero-order valence-electron chi connectivity index (χ0n) is 24.2. The molecule has 4 rings (SSSR count). The summed E-state index contributed by atoms with van der Waals surface area (Å²) in [4.78, 5) is 46.7. The van der Waals surface area contributed by atoms with Crippen LogP contribution < -0.4 is 10.6 Å². The molecule has 0 radical (unpaired) electrons. The quantitative estimate of drug-likeness (QED) is 0.466. The first kappa shape index (κ1) is 30.2. The van der Waals surface area contributed by atoms with Crippen molar-refractivity contribution < 1.29 is 14.4 Å². The van der Waals surface area contributed by atoms with Gasteiger partial charge in [-0.1, -0.05) is 68.3 Å². The second kappa shape index (κ2) is 13.8. The lowest BCUT2D eigenvalue weighted by Gasteiger charge is -2.28. The normalized spacial score (nSPS) is 19.5. The largest absolute Gasteiger partial charge is 0.344 e. The summed E-state index contributed by atoms with van der Waals surface area (Å²) in [5.74, 6) is 0.485. The van der Waals surface area contributed by atoms with E-state index in [0.717, 1.165) is 17.5 Å². The first-order valence-corrected chi connectivity index (χ1v) is 14.6. The number of nitrogens with zero attached hydrogens (tertiary/aromatic N) is 4. The van der Waals surface area contributed by atoms with E-state index < -0.39 is 12.1 Å². The summed E-state index contributed by atoms with van der Waals surface area (Å²) in [6, 6.07) is 14.0. The number of aryl methyl sites for hydroxylation is 2. The zero-order valence-corrected chi connectivity index (χ0v) is 24.9. The van der Waals surface area contributed by atoms with Crippen LogP contribution in [0.15, 0.2) is 48.5 Å². The maximum atomic E-state index is 13.6.